The molecule has 0 saturated heterocycles. The van der Waals surface area contributed by atoms with Crippen LogP contribution in [0.25, 0.3) is 21.5 Å². The van der Waals surface area contributed by atoms with Crippen molar-refractivity contribution in [2.24, 2.45) is 40.9 Å². The molecule has 0 saturated carbocycles. The Labute approximate surface area is 469 Å². The number of carbonyl (C=O) groups is 1. The summed E-state index contributed by atoms with van der Waals surface area (Å²) in [5.41, 5.74) is -1.36. The third-order valence-electron chi connectivity index (χ3n) is 10.1. The number of hydrogen-bond acceptors (Lipinski definition) is 31. The molecule has 7 aromatic carbocycles. The fourth-order valence-corrected chi connectivity index (χ4v) is 10.3. The maximum atomic E-state index is 13.0. The summed E-state index contributed by atoms with van der Waals surface area (Å²) in [7, 11) is -33.2. The minimum Gasteiger partial charge on any atom is -0.507 e. The van der Waals surface area contributed by atoms with E-state index < -0.39 is 203 Å². The standard InChI is InChI=1S/C39H26N10O22S5.2O3S/c40-34-27(15-29(72(57,58)59)20-5-8-25(37(52)33(20)34)45-44-24-7-3-18(49(55)56)13-31(24)74(63,64)65)47-46-26-9-4-19-21(38(26)76(69,70)71)14-32(75(66,67)68)35(36(19)51)48-42-17-1-6-23(30(12-17)73(60,61)62)43-41-16-2-10-28(50)22(11-16)39(53)54;2*1-4(2)3/h1-15,50-52H,40H2,(H,53,54)(H,57,58,59)(H,60,61,62)(H,63,64,65)(H,66,67,68)(H,69,70,71);;. The van der Waals surface area contributed by atoms with Crippen LogP contribution in [0.2, 0.25) is 0 Å². The number of anilines is 1. The monoisotopic (exact) mass is 1310 g/mol. The predicted molar refractivity (Wildman–Crippen MR) is 275 cm³/mol. The van der Waals surface area contributed by atoms with Crippen molar-refractivity contribution in [1.29, 1.82) is 0 Å². The number of rotatable bonds is 15. The van der Waals surface area contributed by atoms with Crippen molar-refractivity contribution in [2.75, 3.05) is 5.73 Å². The van der Waals surface area contributed by atoms with Crippen LogP contribution in [0.3, 0.4) is 0 Å². The van der Waals surface area contributed by atoms with Crippen molar-refractivity contribution < 1.29 is 120 Å². The lowest BCUT2D eigenvalue weighted by Crippen LogP contribution is -2.03. The van der Waals surface area contributed by atoms with Crippen LogP contribution in [-0.2, 0) is 71.8 Å². The highest BCUT2D eigenvalue weighted by Crippen LogP contribution is 2.48. The number of aromatic hydroxyl groups is 3. The molecule has 38 nitrogen and oxygen atoms in total. The van der Waals surface area contributed by atoms with E-state index in [4.69, 9.17) is 31.0 Å². The smallest absolute Gasteiger partial charge is 0.425 e. The number of carboxylic acids is 1. The Bertz CT molecular complexity index is 4910. The molecule has 0 amide bonds. The number of non-ortho nitro benzene ring substituents is 1. The highest BCUT2D eigenvalue weighted by Gasteiger charge is 2.29. The maximum absolute atomic E-state index is 13.0. The number of fused-ring (bicyclic) bond motifs is 2. The first-order chi connectivity index (χ1) is 38.6. The van der Waals surface area contributed by atoms with Crippen molar-refractivity contribution in [3.05, 3.63) is 107 Å². The lowest BCUT2D eigenvalue weighted by atomic mass is 10.1. The van der Waals surface area contributed by atoms with Crippen molar-refractivity contribution >= 4 is 156 Å². The van der Waals surface area contributed by atoms with Gasteiger partial charge < -0.3 is 26.2 Å². The van der Waals surface area contributed by atoms with Gasteiger partial charge in [-0.05, 0) is 72.8 Å². The SMILES string of the molecule is Nc1c(N=Nc2ccc3c(O)c(N=Nc4ccc(N=Nc5ccc(O)c(C(=O)O)c5)c(S(=O)(=O)O)c4)c(S(=O)(=O)O)cc3c2S(=O)(=O)O)cc(S(=O)(=O)O)c2ccc(N=Nc3ccc([N+](=O)[O-])cc3S(=O)(=O)O)c(O)c12.O=S(=O)=O.O=S(=O)=O. The van der Waals surface area contributed by atoms with Crippen molar-refractivity contribution in [3.8, 4) is 17.2 Å². The lowest BCUT2D eigenvalue weighted by molar-refractivity contribution is -0.385. The van der Waals surface area contributed by atoms with Crippen LogP contribution in [-0.4, -0.2) is 121 Å². The molecule has 7 rings (SSSR count). The molecule has 7 aromatic rings. The Morgan fingerprint density at radius 2 is 0.905 bits per heavy atom. The van der Waals surface area contributed by atoms with Crippen LogP contribution >= 0.6 is 0 Å². The minimum atomic E-state index is -5.65. The molecule has 0 heterocycles. The molecular weight excluding hydrogens is 1280 g/mol. The van der Waals surface area contributed by atoms with E-state index in [0.29, 0.717) is 24.3 Å². The van der Waals surface area contributed by atoms with Gasteiger partial charge in [-0.3, -0.25) is 32.9 Å². The Balaban J connectivity index is 0.00000151. The number of carboxylic acid groups (broad SMARTS) is 1. The second kappa shape index (κ2) is 24.8. The van der Waals surface area contributed by atoms with Gasteiger partial charge in [0.1, 0.15) is 69.9 Å². The van der Waals surface area contributed by atoms with Crippen LogP contribution in [0.1, 0.15) is 10.4 Å². The van der Waals surface area contributed by atoms with Crippen molar-refractivity contribution in [1.82, 2.24) is 0 Å². The number of phenols is 3. The molecule has 442 valence electrons. The minimum absolute atomic E-state index is 0.201. The van der Waals surface area contributed by atoms with E-state index >= 15 is 0 Å². The first-order valence-electron chi connectivity index (χ1n) is 20.6. The van der Waals surface area contributed by atoms with Gasteiger partial charge in [0.2, 0.25) is 0 Å². The Kier molecular flexibility index (Phi) is 19.2. The van der Waals surface area contributed by atoms with Gasteiger partial charge in [-0.15, -0.1) is 55.9 Å². The molecule has 84 heavy (non-hydrogen) atoms. The summed E-state index contributed by atoms with van der Waals surface area (Å²) in [6.45, 7) is 0. The van der Waals surface area contributed by atoms with E-state index in [2.05, 4.69) is 40.9 Å². The zero-order valence-corrected chi connectivity index (χ0v) is 45.6. The highest BCUT2D eigenvalue weighted by molar-refractivity contribution is 7.87. The number of nitrogens with two attached hydrogens (primary N) is 1. The summed E-state index contributed by atoms with van der Waals surface area (Å²) in [5.74, 6) is -4.51. The molecule has 0 aliphatic carbocycles. The molecule has 0 fully saturated rings. The van der Waals surface area contributed by atoms with E-state index in [1.54, 1.807) is 0 Å². The number of azo groups is 4. The number of hydrogen-bond donors (Lipinski definition) is 10. The molecule has 0 radical (unpaired) electrons. The van der Waals surface area contributed by atoms with Gasteiger partial charge >= 0.3 is 27.2 Å². The van der Waals surface area contributed by atoms with Crippen LogP contribution in [0, 0.1) is 10.1 Å². The van der Waals surface area contributed by atoms with Gasteiger partial charge in [-0.1, -0.05) is 6.07 Å². The average molecular weight is 1310 g/mol. The molecular formula is C39H26N10O28S7. The average Bonchev–Trinajstić information content (AvgIpc) is 1.15. The number of phenolic OH excluding ortho intramolecular Hbond substituents is 2. The molecule has 11 N–H and O–H groups in total. The third-order valence-corrected chi connectivity index (χ3v) is 14.6. The number of benzene rings is 7. The Hall–Kier alpha value is -9.68. The van der Waals surface area contributed by atoms with E-state index in [9.17, 15) is 100 Å². The molecule has 0 unspecified atom stereocenters. The maximum Gasteiger partial charge on any atom is 0.425 e. The largest absolute Gasteiger partial charge is 0.507 e. The summed E-state index contributed by atoms with van der Waals surface area (Å²) in [6, 6.07) is 11.7. The normalized spacial score (nSPS) is 12.3. The Morgan fingerprint density at radius 1 is 0.464 bits per heavy atom. The third kappa shape index (κ3) is 15.6. The van der Waals surface area contributed by atoms with E-state index in [1.165, 1.54) is 0 Å². The number of nitro groups is 1. The van der Waals surface area contributed by atoms with Crippen LogP contribution in [0.15, 0.2) is 156 Å². The van der Waals surface area contributed by atoms with Gasteiger partial charge in [0.05, 0.1) is 27.4 Å². The summed E-state index contributed by atoms with van der Waals surface area (Å²) in [5, 5.41) is 79.2. The van der Waals surface area contributed by atoms with E-state index in [-0.39, 0.29) is 5.69 Å². The number of aromatic carboxylic acids is 1. The number of nitrogens with zero attached hydrogens (tertiary/aromatic N) is 9. The van der Waals surface area contributed by atoms with Gasteiger partial charge in [0, 0.05) is 28.3 Å². The second-order valence-corrected chi connectivity index (χ2v) is 23.1. The fourth-order valence-electron chi connectivity index (χ4n) is 6.82. The summed E-state index contributed by atoms with van der Waals surface area (Å²) in [4.78, 5) is 15.7. The van der Waals surface area contributed by atoms with Gasteiger partial charge in [0.25, 0.3) is 56.3 Å². The topological polar surface area (TPSA) is 640 Å². The molecule has 0 aliphatic heterocycles. The number of nitro benzene ring substituents is 1. The van der Waals surface area contributed by atoms with Crippen LogP contribution in [0.4, 0.5) is 56.9 Å². The summed E-state index contributed by atoms with van der Waals surface area (Å²) < 4.78 is 226. The lowest BCUT2D eigenvalue weighted by Gasteiger charge is -2.13. The molecule has 0 bridgehead atoms. The predicted octanol–water partition coefficient (Wildman–Crippen LogP) is 6.19. The first-order valence-corrected chi connectivity index (χ1v) is 29.8. The fraction of sp³-hybridized carbons (Fsp3) is 0. The Morgan fingerprint density at radius 3 is 1.44 bits per heavy atom. The first kappa shape index (κ1) is 65.1. The zero-order chi connectivity index (χ0) is 63.4. The van der Waals surface area contributed by atoms with Gasteiger partial charge in [-0.2, -0.15) is 52.3 Å². The second-order valence-electron chi connectivity index (χ2n) is 15.4. The summed E-state index contributed by atoms with van der Waals surface area (Å²) in [6.07, 6.45) is 0. The summed E-state index contributed by atoms with van der Waals surface area (Å²) >= 11 is 0. The molecule has 0 aliphatic rings. The van der Waals surface area contributed by atoms with Crippen molar-refractivity contribution in [2.45, 2.75) is 24.5 Å². The zero-order valence-electron chi connectivity index (χ0n) is 39.9. The molecule has 0 atom stereocenters. The van der Waals surface area contributed by atoms with Gasteiger partial charge in [0.15, 0.2) is 11.5 Å². The van der Waals surface area contributed by atoms with E-state index in [0.717, 1.165) is 66.7 Å². The van der Waals surface area contributed by atoms with Crippen molar-refractivity contribution in [3.63, 3.8) is 0 Å². The number of nitrogen functional groups attached to an aromatic ring is 1. The molecule has 0 aromatic heterocycles. The van der Waals surface area contributed by atoms with Crippen LogP contribution in [0.5, 0.6) is 17.2 Å². The molecule has 0 spiro atoms. The molecule has 45 heteroatoms. The highest BCUT2D eigenvalue weighted by atomic mass is 32.2. The van der Waals surface area contributed by atoms with E-state index in [1.807, 2.05) is 0 Å². The van der Waals surface area contributed by atoms with Gasteiger partial charge in [-0.25, -0.2) is 4.79 Å². The quantitative estimate of drug-likeness (QED) is 0.0180. The van der Waals surface area contributed by atoms with Crippen LogP contribution < -0.4 is 5.73 Å².